The molecule has 0 fully saturated rings. The zero-order valence-corrected chi connectivity index (χ0v) is 18.7. The predicted molar refractivity (Wildman–Crippen MR) is 129 cm³/mol. The topological polar surface area (TPSA) is 74.4 Å². The average molecular weight is 458 g/mol. The third-order valence-corrected chi connectivity index (χ3v) is 6.13. The van der Waals surface area contributed by atoms with E-state index in [0.717, 1.165) is 27.7 Å². The molecule has 6 nitrogen and oxygen atoms in total. The smallest absolute Gasteiger partial charge is 0.262 e. The van der Waals surface area contributed by atoms with Crippen molar-refractivity contribution in [2.24, 2.45) is 0 Å². The summed E-state index contributed by atoms with van der Waals surface area (Å²) in [7, 11) is 1.54. The van der Waals surface area contributed by atoms with Crippen molar-refractivity contribution in [2.45, 2.75) is 18.9 Å². The van der Waals surface area contributed by atoms with E-state index in [-0.39, 0.29) is 30.6 Å². The first-order chi connectivity index (χ1) is 16.5. The van der Waals surface area contributed by atoms with E-state index in [4.69, 9.17) is 4.74 Å². The Kier molecular flexibility index (Phi) is 5.76. The number of carbonyl (C=O) groups is 2. The Balaban J connectivity index is 1.46. The first-order valence-corrected chi connectivity index (χ1v) is 11.2. The third kappa shape index (κ3) is 4.01. The molecule has 2 N–H and O–H groups in total. The summed E-state index contributed by atoms with van der Waals surface area (Å²) in [5.41, 5.74) is 4.19. The Labute approximate surface area is 196 Å². The highest BCUT2D eigenvalue weighted by Gasteiger charge is 2.33. The van der Waals surface area contributed by atoms with Crippen LogP contribution in [0.4, 0.5) is 10.1 Å². The van der Waals surface area contributed by atoms with Crippen molar-refractivity contribution in [3.63, 3.8) is 0 Å². The molecule has 0 bridgehead atoms. The van der Waals surface area contributed by atoms with Gasteiger partial charge < -0.3 is 19.9 Å². The van der Waals surface area contributed by atoms with E-state index in [1.54, 1.807) is 30.1 Å². The molecular formula is C27H24FN3O3. The summed E-state index contributed by atoms with van der Waals surface area (Å²) in [6, 6.07) is 21.6. The molecule has 0 saturated heterocycles. The van der Waals surface area contributed by atoms with E-state index in [1.807, 2.05) is 42.5 Å². The number of hydrogen-bond donors (Lipinski definition) is 2. The standard InChI is InChI=1S/C27H24FN3O3/c1-29-27(33)24-16-31(22-9-5-6-10-23(22)34-24)25(32)14-12-19-20-15-18(28)11-13-21(20)30-26(19)17-7-3-2-4-8-17/h2-11,13,15,24,30H,12,14,16H2,1H3,(H,29,33). The minimum Gasteiger partial charge on any atom is -0.477 e. The zero-order chi connectivity index (χ0) is 23.7. The number of carbonyl (C=O) groups excluding carboxylic acids is 2. The number of aromatic nitrogens is 1. The van der Waals surface area contributed by atoms with E-state index < -0.39 is 6.10 Å². The molecular weight excluding hydrogens is 433 g/mol. The van der Waals surface area contributed by atoms with Crippen LogP contribution in [0.2, 0.25) is 0 Å². The van der Waals surface area contributed by atoms with Gasteiger partial charge in [-0.05, 0) is 47.9 Å². The second kappa shape index (κ2) is 9.02. The van der Waals surface area contributed by atoms with Gasteiger partial charge in [0.15, 0.2) is 6.10 Å². The number of rotatable bonds is 5. The normalized spacial score (nSPS) is 15.0. The minimum atomic E-state index is -0.786. The summed E-state index contributed by atoms with van der Waals surface area (Å²) >= 11 is 0. The molecule has 2 heterocycles. The van der Waals surface area contributed by atoms with Crippen LogP contribution in [-0.4, -0.2) is 36.5 Å². The molecule has 2 amide bonds. The lowest BCUT2D eigenvalue weighted by molar-refractivity contribution is -0.127. The van der Waals surface area contributed by atoms with Crippen LogP contribution in [0.25, 0.3) is 22.2 Å². The predicted octanol–water partition coefficient (Wildman–Crippen LogP) is 4.45. The van der Waals surface area contributed by atoms with Gasteiger partial charge in [0.2, 0.25) is 5.91 Å². The maximum absolute atomic E-state index is 14.1. The summed E-state index contributed by atoms with van der Waals surface area (Å²) in [5, 5.41) is 3.35. The number of hydrogen-bond acceptors (Lipinski definition) is 3. The molecule has 3 aromatic carbocycles. The van der Waals surface area contributed by atoms with Gasteiger partial charge in [-0.3, -0.25) is 9.59 Å². The lowest BCUT2D eigenvalue weighted by atomic mass is 10.0. The van der Waals surface area contributed by atoms with Crippen LogP contribution >= 0.6 is 0 Å². The maximum atomic E-state index is 14.1. The number of para-hydroxylation sites is 2. The fourth-order valence-corrected chi connectivity index (χ4v) is 4.47. The summed E-state index contributed by atoms with van der Waals surface area (Å²) in [6.45, 7) is 0.129. The van der Waals surface area contributed by atoms with Crippen LogP contribution < -0.4 is 15.0 Å². The van der Waals surface area contributed by atoms with Crippen LogP contribution in [0.15, 0.2) is 72.8 Å². The molecule has 0 saturated carbocycles. The van der Waals surface area contributed by atoms with E-state index in [1.165, 1.54) is 12.1 Å². The Morgan fingerprint density at radius 2 is 1.85 bits per heavy atom. The molecule has 0 radical (unpaired) electrons. The van der Waals surface area contributed by atoms with Crippen molar-refractivity contribution in [1.29, 1.82) is 0 Å². The summed E-state index contributed by atoms with van der Waals surface area (Å²) in [4.78, 5) is 30.7. The van der Waals surface area contributed by atoms with Crippen LogP contribution in [0, 0.1) is 5.82 Å². The van der Waals surface area contributed by atoms with Gasteiger partial charge in [0, 0.05) is 30.1 Å². The van der Waals surface area contributed by atoms with Crippen molar-refractivity contribution in [3.05, 3.63) is 84.2 Å². The van der Waals surface area contributed by atoms with Crippen molar-refractivity contribution in [3.8, 4) is 17.0 Å². The SMILES string of the molecule is CNC(=O)C1CN(C(=O)CCc2c(-c3ccccc3)[nH]c3ccc(F)cc23)c2ccccc2O1. The van der Waals surface area contributed by atoms with Crippen LogP contribution in [0.3, 0.4) is 0 Å². The highest BCUT2D eigenvalue weighted by molar-refractivity contribution is 5.98. The minimum absolute atomic E-state index is 0.129. The number of anilines is 1. The molecule has 0 spiro atoms. The Hall–Kier alpha value is -4.13. The second-order valence-electron chi connectivity index (χ2n) is 8.23. The molecule has 1 aliphatic rings. The number of amides is 2. The van der Waals surface area contributed by atoms with Crippen LogP contribution in [0.5, 0.6) is 5.75 Å². The van der Waals surface area contributed by atoms with Crippen LogP contribution in [-0.2, 0) is 16.0 Å². The lowest BCUT2D eigenvalue weighted by Crippen LogP contribution is -2.50. The van der Waals surface area contributed by atoms with E-state index >= 15 is 0 Å². The van der Waals surface area contributed by atoms with E-state index in [9.17, 15) is 14.0 Å². The highest BCUT2D eigenvalue weighted by atomic mass is 19.1. The zero-order valence-electron chi connectivity index (χ0n) is 18.7. The number of aryl methyl sites for hydroxylation is 1. The average Bonchev–Trinajstić information content (AvgIpc) is 3.24. The van der Waals surface area contributed by atoms with Gasteiger partial charge in [-0.1, -0.05) is 42.5 Å². The van der Waals surface area contributed by atoms with Gasteiger partial charge in [-0.2, -0.15) is 0 Å². The van der Waals surface area contributed by atoms with Crippen LogP contribution in [0.1, 0.15) is 12.0 Å². The number of H-pyrrole nitrogens is 1. The van der Waals surface area contributed by atoms with Gasteiger partial charge in [-0.15, -0.1) is 0 Å². The molecule has 7 heteroatoms. The molecule has 1 aliphatic heterocycles. The monoisotopic (exact) mass is 457 g/mol. The van der Waals surface area contributed by atoms with Crippen molar-refractivity contribution in [2.75, 3.05) is 18.5 Å². The van der Waals surface area contributed by atoms with Gasteiger partial charge in [0.05, 0.1) is 12.2 Å². The van der Waals surface area contributed by atoms with E-state index in [2.05, 4.69) is 10.3 Å². The van der Waals surface area contributed by atoms with Crippen molar-refractivity contribution >= 4 is 28.4 Å². The first-order valence-electron chi connectivity index (χ1n) is 11.2. The summed E-state index contributed by atoms with van der Waals surface area (Å²) in [6.07, 6.45) is -0.180. The number of nitrogens with zero attached hydrogens (tertiary/aromatic N) is 1. The molecule has 1 atom stereocenters. The van der Waals surface area contributed by atoms with Crippen molar-refractivity contribution in [1.82, 2.24) is 10.3 Å². The van der Waals surface area contributed by atoms with Gasteiger partial charge >= 0.3 is 0 Å². The highest BCUT2D eigenvalue weighted by Crippen LogP contribution is 2.35. The Morgan fingerprint density at radius 3 is 2.65 bits per heavy atom. The number of aromatic amines is 1. The molecule has 172 valence electrons. The van der Waals surface area contributed by atoms with Crippen molar-refractivity contribution < 1.29 is 18.7 Å². The molecule has 34 heavy (non-hydrogen) atoms. The maximum Gasteiger partial charge on any atom is 0.262 e. The lowest BCUT2D eigenvalue weighted by Gasteiger charge is -2.34. The molecule has 5 rings (SSSR count). The molecule has 1 aromatic heterocycles. The Bertz CT molecular complexity index is 1370. The quantitative estimate of drug-likeness (QED) is 0.465. The number of likely N-dealkylation sites (N-methyl/N-ethyl adjacent to an activating group) is 1. The first kappa shape index (κ1) is 21.7. The third-order valence-electron chi connectivity index (χ3n) is 6.13. The fraction of sp³-hybridized carbons (Fsp3) is 0.185. The number of nitrogens with one attached hydrogen (secondary N) is 2. The fourth-order valence-electron chi connectivity index (χ4n) is 4.47. The molecule has 0 aliphatic carbocycles. The number of halogens is 1. The summed E-state index contributed by atoms with van der Waals surface area (Å²) < 4.78 is 19.9. The number of benzene rings is 3. The van der Waals surface area contributed by atoms with Gasteiger partial charge in [-0.25, -0.2) is 4.39 Å². The summed E-state index contributed by atoms with van der Waals surface area (Å²) in [5.74, 6) is -0.246. The second-order valence-corrected chi connectivity index (χ2v) is 8.23. The number of fused-ring (bicyclic) bond motifs is 2. The largest absolute Gasteiger partial charge is 0.477 e. The molecule has 1 unspecified atom stereocenters. The van der Waals surface area contributed by atoms with Gasteiger partial charge in [0.25, 0.3) is 5.91 Å². The number of ether oxygens (including phenoxy) is 1. The molecule has 4 aromatic rings. The van der Waals surface area contributed by atoms with E-state index in [0.29, 0.717) is 17.9 Å². The Morgan fingerprint density at radius 1 is 1.09 bits per heavy atom. The van der Waals surface area contributed by atoms with Gasteiger partial charge in [0.1, 0.15) is 11.6 Å².